The van der Waals surface area contributed by atoms with Gasteiger partial charge < -0.3 is 5.32 Å². The van der Waals surface area contributed by atoms with Gasteiger partial charge in [-0.2, -0.15) is 0 Å². The van der Waals surface area contributed by atoms with E-state index in [4.69, 9.17) is 0 Å². The van der Waals surface area contributed by atoms with Gasteiger partial charge in [-0.25, -0.2) is 0 Å². The molecule has 0 saturated carbocycles. The minimum absolute atomic E-state index is 0.250. The van der Waals surface area contributed by atoms with Crippen LogP contribution in [0.25, 0.3) is 0 Å². The SMILES string of the molecule is CNC(=O)c1ccc(Nn2cccc2)nn1. The number of amides is 1. The van der Waals surface area contributed by atoms with E-state index in [9.17, 15) is 4.79 Å². The third-order valence-corrected chi connectivity index (χ3v) is 1.97. The first-order chi connectivity index (χ1) is 7.79. The third kappa shape index (κ3) is 2.17. The zero-order valence-electron chi connectivity index (χ0n) is 8.71. The number of nitrogens with zero attached hydrogens (tertiary/aromatic N) is 3. The van der Waals surface area contributed by atoms with Crippen molar-refractivity contribution in [1.82, 2.24) is 20.2 Å². The molecule has 0 spiro atoms. The van der Waals surface area contributed by atoms with E-state index in [1.54, 1.807) is 23.9 Å². The number of carbonyl (C=O) groups excluding carboxylic acids is 1. The van der Waals surface area contributed by atoms with Crippen molar-refractivity contribution in [3.8, 4) is 0 Å². The Morgan fingerprint density at radius 2 is 2.00 bits per heavy atom. The summed E-state index contributed by atoms with van der Waals surface area (Å²) in [6, 6.07) is 7.08. The van der Waals surface area contributed by atoms with E-state index < -0.39 is 0 Å². The van der Waals surface area contributed by atoms with E-state index in [-0.39, 0.29) is 5.91 Å². The van der Waals surface area contributed by atoms with Gasteiger partial charge in [0.05, 0.1) is 0 Å². The number of rotatable bonds is 3. The van der Waals surface area contributed by atoms with Crippen molar-refractivity contribution in [2.45, 2.75) is 0 Å². The van der Waals surface area contributed by atoms with E-state index in [1.165, 1.54) is 0 Å². The van der Waals surface area contributed by atoms with Gasteiger partial charge in [0.25, 0.3) is 5.91 Å². The summed E-state index contributed by atoms with van der Waals surface area (Å²) in [6.45, 7) is 0. The van der Waals surface area contributed by atoms with Crippen LogP contribution in [0, 0.1) is 0 Å². The van der Waals surface area contributed by atoms with Crippen molar-refractivity contribution in [1.29, 1.82) is 0 Å². The Hall–Kier alpha value is -2.37. The van der Waals surface area contributed by atoms with Crippen LogP contribution in [0.2, 0.25) is 0 Å². The summed E-state index contributed by atoms with van der Waals surface area (Å²) in [5.74, 6) is 0.323. The standard InChI is InChI=1S/C10H11N5O/c1-11-10(16)8-4-5-9(13-12-8)14-15-6-2-3-7-15/h2-7H,1H3,(H,11,16)(H,13,14). The molecule has 0 radical (unpaired) electrons. The number of nitrogens with one attached hydrogen (secondary N) is 2. The first-order valence-electron chi connectivity index (χ1n) is 4.75. The maximum Gasteiger partial charge on any atom is 0.271 e. The van der Waals surface area contributed by atoms with Gasteiger partial charge in [0.2, 0.25) is 0 Å². The summed E-state index contributed by atoms with van der Waals surface area (Å²) < 4.78 is 1.74. The van der Waals surface area contributed by atoms with Gasteiger partial charge in [0.15, 0.2) is 11.5 Å². The number of hydrogen-bond acceptors (Lipinski definition) is 4. The summed E-state index contributed by atoms with van der Waals surface area (Å²) in [7, 11) is 1.55. The van der Waals surface area contributed by atoms with Crippen molar-refractivity contribution < 1.29 is 4.79 Å². The van der Waals surface area contributed by atoms with Crippen molar-refractivity contribution in [3.05, 3.63) is 42.4 Å². The average molecular weight is 217 g/mol. The molecule has 0 aliphatic carbocycles. The summed E-state index contributed by atoms with van der Waals surface area (Å²) in [5, 5.41) is 10.2. The molecular weight excluding hydrogens is 206 g/mol. The van der Waals surface area contributed by atoms with Crippen LogP contribution in [-0.2, 0) is 0 Å². The van der Waals surface area contributed by atoms with Crippen LogP contribution < -0.4 is 10.7 Å². The molecule has 0 fully saturated rings. The summed E-state index contributed by atoms with van der Waals surface area (Å²) in [6.07, 6.45) is 3.68. The Bertz CT molecular complexity index is 462. The van der Waals surface area contributed by atoms with Gasteiger partial charge in [-0.3, -0.25) is 14.9 Å². The van der Waals surface area contributed by atoms with Gasteiger partial charge in [0, 0.05) is 19.4 Å². The molecule has 2 N–H and O–H groups in total. The minimum atomic E-state index is -0.250. The highest BCUT2D eigenvalue weighted by atomic mass is 16.1. The Morgan fingerprint density at radius 1 is 1.25 bits per heavy atom. The molecule has 82 valence electrons. The molecule has 1 amide bonds. The van der Waals surface area contributed by atoms with Crippen molar-refractivity contribution in [3.63, 3.8) is 0 Å². The Labute approximate surface area is 92.3 Å². The number of hydrogen-bond donors (Lipinski definition) is 2. The fourth-order valence-corrected chi connectivity index (χ4v) is 1.18. The highest BCUT2D eigenvalue weighted by molar-refractivity contribution is 5.91. The zero-order chi connectivity index (χ0) is 11.4. The van der Waals surface area contributed by atoms with Crippen LogP contribution in [0.15, 0.2) is 36.7 Å². The second-order valence-corrected chi connectivity index (χ2v) is 3.09. The first-order valence-corrected chi connectivity index (χ1v) is 4.75. The number of carbonyl (C=O) groups is 1. The largest absolute Gasteiger partial charge is 0.354 e. The summed E-state index contributed by atoms with van der Waals surface area (Å²) >= 11 is 0. The molecule has 0 bridgehead atoms. The second-order valence-electron chi connectivity index (χ2n) is 3.09. The van der Waals surface area contributed by atoms with Crippen molar-refractivity contribution >= 4 is 11.7 Å². The van der Waals surface area contributed by atoms with Crippen LogP contribution in [0.1, 0.15) is 10.5 Å². The molecule has 0 unspecified atom stereocenters. The first kappa shape index (κ1) is 10.2. The normalized spacial score (nSPS) is 9.81. The fraction of sp³-hybridized carbons (Fsp3) is 0.100. The lowest BCUT2D eigenvalue weighted by Gasteiger charge is -2.05. The maximum absolute atomic E-state index is 11.2. The van der Waals surface area contributed by atoms with Gasteiger partial charge in [-0.15, -0.1) is 10.2 Å². The lowest BCUT2D eigenvalue weighted by Crippen LogP contribution is -2.20. The third-order valence-electron chi connectivity index (χ3n) is 1.97. The molecule has 16 heavy (non-hydrogen) atoms. The van der Waals surface area contributed by atoms with E-state index in [0.29, 0.717) is 11.5 Å². The monoisotopic (exact) mass is 217 g/mol. The predicted molar refractivity (Wildman–Crippen MR) is 58.9 cm³/mol. The quantitative estimate of drug-likeness (QED) is 0.786. The highest BCUT2D eigenvalue weighted by Gasteiger charge is 2.04. The van der Waals surface area contributed by atoms with Gasteiger partial charge in [-0.05, 0) is 24.3 Å². The van der Waals surface area contributed by atoms with E-state index in [1.807, 2.05) is 24.5 Å². The Balaban J connectivity index is 2.10. The lowest BCUT2D eigenvalue weighted by atomic mass is 10.3. The molecule has 2 aromatic rings. The topological polar surface area (TPSA) is 71.8 Å². The van der Waals surface area contributed by atoms with Crippen LogP contribution in [0.4, 0.5) is 5.82 Å². The lowest BCUT2D eigenvalue weighted by molar-refractivity contribution is 0.0957. The zero-order valence-corrected chi connectivity index (χ0v) is 8.71. The van der Waals surface area contributed by atoms with Crippen molar-refractivity contribution in [2.75, 3.05) is 12.5 Å². The number of anilines is 1. The number of aromatic nitrogens is 3. The molecule has 0 atom stereocenters. The van der Waals surface area contributed by atoms with Crippen molar-refractivity contribution in [2.24, 2.45) is 0 Å². The van der Waals surface area contributed by atoms with E-state index in [2.05, 4.69) is 20.9 Å². The molecule has 2 rings (SSSR count). The van der Waals surface area contributed by atoms with Crippen LogP contribution in [0.3, 0.4) is 0 Å². The average Bonchev–Trinajstić information content (AvgIpc) is 2.82. The predicted octanol–water partition coefficient (Wildman–Crippen LogP) is 0.513. The maximum atomic E-state index is 11.2. The Kier molecular flexibility index (Phi) is 2.81. The van der Waals surface area contributed by atoms with Gasteiger partial charge in [-0.1, -0.05) is 0 Å². The van der Waals surface area contributed by atoms with Crippen LogP contribution >= 0.6 is 0 Å². The molecular formula is C10H11N5O. The van der Waals surface area contributed by atoms with E-state index >= 15 is 0 Å². The molecule has 2 heterocycles. The second kappa shape index (κ2) is 4.43. The molecule has 0 aromatic carbocycles. The summed E-state index contributed by atoms with van der Waals surface area (Å²) in [5.41, 5.74) is 3.27. The molecule has 0 saturated heterocycles. The van der Waals surface area contributed by atoms with Gasteiger partial charge >= 0.3 is 0 Å². The molecule has 2 aromatic heterocycles. The van der Waals surface area contributed by atoms with E-state index in [0.717, 1.165) is 0 Å². The smallest absolute Gasteiger partial charge is 0.271 e. The minimum Gasteiger partial charge on any atom is -0.354 e. The molecule has 0 aliphatic heterocycles. The molecule has 6 nitrogen and oxygen atoms in total. The summed E-state index contributed by atoms with van der Waals surface area (Å²) in [4.78, 5) is 11.2. The fourth-order valence-electron chi connectivity index (χ4n) is 1.18. The molecule has 6 heteroatoms. The molecule has 0 aliphatic rings. The van der Waals surface area contributed by atoms with Gasteiger partial charge in [0.1, 0.15) is 0 Å². The van der Waals surface area contributed by atoms with Crippen LogP contribution in [0.5, 0.6) is 0 Å². The Morgan fingerprint density at radius 3 is 2.56 bits per heavy atom. The van der Waals surface area contributed by atoms with Crippen LogP contribution in [-0.4, -0.2) is 27.8 Å². The highest BCUT2D eigenvalue weighted by Crippen LogP contribution is 2.02.